The first-order valence-electron chi connectivity index (χ1n) is 8.78. The summed E-state index contributed by atoms with van der Waals surface area (Å²) in [6, 6.07) is 7.50. The zero-order chi connectivity index (χ0) is 19.4. The fourth-order valence-electron chi connectivity index (χ4n) is 2.69. The van der Waals surface area contributed by atoms with Crippen molar-refractivity contribution in [2.24, 2.45) is 4.99 Å². The van der Waals surface area contributed by atoms with Gasteiger partial charge in [0, 0.05) is 6.54 Å². The highest BCUT2D eigenvalue weighted by Crippen LogP contribution is 2.40. The Morgan fingerprint density at radius 1 is 1.29 bits per heavy atom. The zero-order valence-electron chi connectivity index (χ0n) is 16.0. The molecule has 1 aliphatic rings. The maximum atomic E-state index is 10.7. The first kappa shape index (κ1) is 22.8. The van der Waals surface area contributed by atoms with Gasteiger partial charge in [-0.25, -0.2) is 4.99 Å². The number of ether oxygens (including phenoxy) is 2. The van der Waals surface area contributed by atoms with Crippen LogP contribution in [0.4, 0.5) is 0 Å². The number of aryl methyl sites for hydroxylation is 1. The van der Waals surface area contributed by atoms with E-state index in [-0.39, 0.29) is 37.3 Å². The summed E-state index contributed by atoms with van der Waals surface area (Å²) < 4.78 is 17.2. The van der Waals surface area contributed by atoms with Crippen LogP contribution in [0.5, 0.6) is 11.5 Å². The minimum Gasteiger partial charge on any atom is -0.463 e. The lowest BCUT2D eigenvalue weighted by molar-refractivity contribution is 0.0378. The number of aliphatic imine (C=N–C) groups is 1. The topological polar surface area (TPSA) is 88.3 Å². The van der Waals surface area contributed by atoms with Crippen LogP contribution in [0.1, 0.15) is 30.9 Å². The van der Waals surface area contributed by atoms with E-state index in [1.807, 2.05) is 32.0 Å². The van der Waals surface area contributed by atoms with Crippen molar-refractivity contribution in [2.45, 2.75) is 32.9 Å². The van der Waals surface area contributed by atoms with E-state index in [0.29, 0.717) is 30.6 Å². The summed E-state index contributed by atoms with van der Waals surface area (Å²) in [7, 11) is 0. The zero-order valence-corrected chi connectivity index (χ0v) is 20.0. The van der Waals surface area contributed by atoms with Crippen molar-refractivity contribution in [3.05, 3.63) is 45.8 Å². The van der Waals surface area contributed by atoms with Gasteiger partial charge in [-0.05, 0) is 66.5 Å². The van der Waals surface area contributed by atoms with Crippen LogP contribution < -0.4 is 20.1 Å². The molecule has 0 saturated carbocycles. The molecule has 1 atom stereocenters. The van der Waals surface area contributed by atoms with Gasteiger partial charge in [-0.15, -0.1) is 24.0 Å². The number of nitrogens with one attached hydrogen (secondary N) is 2. The second kappa shape index (κ2) is 9.84. The molecule has 1 aromatic heterocycles. The molecule has 0 amide bonds. The summed E-state index contributed by atoms with van der Waals surface area (Å²) in [5.41, 5.74) is -0.163. The summed E-state index contributed by atoms with van der Waals surface area (Å²) in [5.74, 6) is 3.32. The lowest BCUT2D eigenvalue weighted by Gasteiger charge is -2.22. The molecule has 0 fully saturated rings. The number of hydrogen-bond donors (Lipinski definition) is 3. The lowest BCUT2D eigenvalue weighted by Crippen LogP contribution is -2.44. The molecule has 0 bridgehead atoms. The van der Waals surface area contributed by atoms with Crippen molar-refractivity contribution in [1.82, 2.24) is 10.6 Å². The Morgan fingerprint density at radius 2 is 2.07 bits per heavy atom. The smallest absolute Gasteiger partial charge is 0.231 e. The van der Waals surface area contributed by atoms with E-state index in [2.05, 4.69) is 31.6 Å². The van der Waals surface area contributed by atoms with Crippen molar-refractivity contribution in [3.8, 4) is 11.5 Å². The van der Waals surface area contributed by atoms with Crippen LogP contribution in [-0.4, -0.2) is 30.9 Å². The second-order valence-electron chi connectivity index (χ2n) is 6.54. The van der Waals surface area contributed by atoms with Gasteiger partial charge in [-0.1, -0.05) is 0 Å². The molecule has 2 aromatic rings. The van der Waals surface area contributed by atoms with E-state index in [0.717, 1.165) is 21.5 Å². The fourth-order valence-corrected chi connectivity index (χ4v) is 3.29. The van der Waals surface area contributed by atoms with Gasteiger partial charge in [0.05, 0.1) is 17.6 Å². The maximum Gasteiger partial charge on any atom is 0.231 e. The van der Waals surface area contributed by atoms with Crippen molar-refractivity contribution < 1.29 is 19.0 Å². The van der Waals surface area contributed by atoms with Crippen LogP contribution in [0.2, 0.25) is 0 Å². The van der Waals surface area contributed by atoms with E-state index in [4.69, 9.17) is 13.9 Å². The van der Waals surface area contributed by atoms with Crippen LogP contribution in [0, 0.1) is 6.92 Å². The normalized spacial score (nSPS) is 15.0. The average molecular weight is 566 g/mol. The molecule has 0 aliphatic carbocycles. The number of fused-ring (bicyclic) bond motifs is 1. The van der Waals surface area contributed by atoms with Gasteiger partial charge >= 0.3 is 0 Å². The Bertz CT molecular complexity index is 839. The third kappa shape index (κ3) is 5.54. The van der Waals surface area contributed by atoms with Gasteiger partial charge in [0.1, 0.15) is 17.1 Å². The SMILES string of the molecule is CCNC(=NCc1cc(Br)c2c(c1)OCO2)NCC(C)(O)c1ccc(C)o1.I. The molecule has 1 unspecified atom stereocenters. The van der Waals surface area contributed by atoms with Crippen LogP contribution in [0.25, 0.3) is 0 Å². The number of furan rings is 1. The van der Waals surface area contributed by atoms with E-state index >= 15 is 0 Å². The van der Waals surface area contributed by atoms with Gasteiger partial charge in [0.15, 0.2) is 17.5 Å². The van der Waals surface area contributed by atoms with Gasteiger partial charge in [0.2, 0.25) is 6.79 Å². The number of aliphatic hydroxyl groups is 1. The van der Waals surface area contributed by atoms with Crippen LogP contribution in [0.15, 0.2) is 38.1 Å². The van der Waals surface area contributed by atoms with Gasteiger partial charge < -0.3 is 29.6 Å². The number of guanidine groups is 1. The van der Waals surface area contributed by atoms with Crippen molar-refractivity contribution in [3.63, 3.8) is 0 Å². The molecule has 3 rings (SSSR count). The molecule has 9 heteroatoms. The monoisotopic (exact) mass is 565 g/mol. The summed E-state index contributed by atoms with van der Waals surface area (Å²) >= 11 is 3.49. The minimum absolute atomic E-state index is 0. The summed E-state index contributed by atoms with van der Waals surface area (Å²) in [6.07, 6.45) is 0. The highest BCUT2D eigenvalue weighted by atomic mass is 127. The van der Waals surface area contributed by atoms with Crippen LogP contribution in [-0.2, 0) is 12.1 Å². The fraction of sp³-hybridized carbons (Fsp3) is 0.421. The summed E-state index contributed by atoms with van der Waals surface area (Å²) in [5, 5.41) is 17.0. The Balaban J connectivity index is 0.00000280. The number of nitrogens with zero attached hydrogens (tertiary/aromatic N) is 1. The highest BCUT2D eigenvalue weighted by molar-refractivity contribution is 14.0. The van der Waals surface area contributed by atoms with Crippen molar-refractivity contribution in [1.29, 1.82) is 0 Å². The summed E-state index contributed by atoms with van der Waals surface area (Å²) in [6.45, 7) is 7.19. The Labute approximate surface area is 190 Å². The van der Waals surface area contributed by atoms with Crippen LogP contribution >= 0.6 is 39.9 Å². The molecule has 0 saturated heterocycles. The lowest BCUT2D eigenvalue weighted by atomic mass is 10.0. The predicted octanol–water partition coefficient (Wildman–Crippen LogP) is 3.66. The number of hydrogen-bond acceptors (Lipinski definition) is 5. The third-order valence-corrected chi connectivity index (χ3v) is 4.71. The summed E-state index contributed by atoms with van der Waals surface area (Å²) in [4.78, 5) is 4.59. The quantitative estimate of drug-likeness (QED) is 0.281. The average Bonchev–Trinajstić information content (AvgIpc) is 3.27. The standard InChI is InChI=1S/C19H24BrN3O4.HI/c1-4-21-18(23-10-19(3,24)16-6-5-12(2)27-16)22-9-13-7-14(20)17-15(8-13)25-11-26-17;/h5-8,24H,4,9-11H2,1-3H3,(H2,21,22,23);1H. The van der Waals surface area contributed by atoms with E-state index in [1.54, 1.807) is 13.0 Å². The van der Waals surface area contributed by atoms with E-state index in [9.17, 15) is 5.11 Å². The molecule has 3 N–H and O–H groups in total. The van der Waals surface area contributed by atoms with Gasteiger partial charge in [-0.3, -0.25) is 0 Å². The number of halogens is 2. The first-order valence-corrected chi connectivity index (χ1v) is 9.58. The minimum atomic E-state index is -1.15. The Morgan fingerprint density at radius 3 is 2.75 bits per heavy atom. The molecule has 154 valence electrons. The molecule has 0 radical (unpaired) electrons. The molecule has 28 heavy (non-hydrogen) atoms. The van der Waals surface area contributed by atoms with E-state index < -0.39 is 5.60 Å². The molecule has 1 aliphatic heterocycles. The number of benzene rings is 1. The molecule has 1 aromatic carbocycles. The Kier molecular flexibility index (Phi) is 8.02. The largest absolute Gasteiger partial charge is 0.463 e. The van der Waals surface area contributed by atoms with Gasteiger partial charge in [-0.2, -0.15) is 0 Å². The molecular weight excluding hydrogens is 541 g/mol. The van der Waals surface area contributed by atoms with Gasteiger partial charge in [0.25, 0.3) is 0 Å². The Hall–Kier alpha value is -1.46. The van der Waals surface area contributed by atoms with Crippen molar-refractivity contribution >= 4 is 45.9 Å². The molecule has 2 heterocycles. The second-order valence-corrected chi connectivity index (χ2v) is 7.40. The molecule has 7 nitrogen and oxygen atoms in total. The predicted molar refractivity (Wildman–Crippen MR) is 122 cm³/mol. The first-order chi connectivity index (χ1) is 12.9. The number of rotatable bonds is 6. The van der Waals surface area contributed by atoms with E-state index in [1.165, 1.54) is 0 Å². The molecular formula is C19H25BrIN3O4. The maximum absolute atomic E-state index is 10.7. The third-order valence-electron chi connectivity index (χ3n) is 4.12. The highest BCUT2D eigenvalue weighted by Gasteiger charge is 2.27. The molecule has 0 spiro atoms. The van der Waals surface area contributed by atoms with Crippen LogP contribution in [0.3, 0.4) is 0 Å². The van der Waals surface area contributed by atoms with Crippen molar-refractivity contribution in [2.75, 3.05) is 19.9 Å².